The fourth-order valence-corrected chi connectivity index (χ4v) is 8.33. The molecule has 1 N–H and O–H groups in total. The topological polar surface area (TPSA) is 166 Å². The van der Waals surface area contributed by atoms with E-state index >= 15 is 0 Å². The second-order valence-electron chi connectivity index (χ2n) is 20.3. The number of hydrogen-bond acceptors (Lipinski definition) is 12. The maximum atomic E-state index is 14.0. The number of ether oxygens (including phenoxy) is 7. The lowest BCUT2D eigenvalue weighted by Gasteiger charge is -2.41. The molecule has 2 heterocycles. The summed E-state index contributed by atoms with van der Waals surface area (Å²) in [7, 11) is 3.28. The highest BCUT2D eigenvalue weighted by Gasteiger charge is 2.36. The Morgan fingerprint density at radius 2 is 1.03 bits per heavy atom. The number of hydrogen-bond donors (Lipinski definition) is 1. The van der Waals surface area contributed by atoms with E-state index in [0.717, 1.165) is 32.1 Å². The third-order valence-electron chi connectivity index (χ3n) is 11.2. The number of aromatic hydroxyl groups is 1. The molecule has 16 heteroatoms. The number of likely N-dealkylation sites (tertiary alicyclic amines) is 2. The number of phenols is 1. The van der Waals surface area contributed by atoms with Crippen LogP contribution in [-0.4, -0.2) is 151 Å². The van der Waals surface area contributed by atoms with E-state index in [9.17, 15) is 24.3 Å². The minimum absolute atomic E-state index is 0. The summed E-state index contributed by atoms with van der Waals surface area (Å²) in [4.78, 5) is 59.8. The second-order valence-corrected chi connectivity index (χ2v) is 20.3. The molecule has 2 fully saturated rings. The molecule has 0 radical (unpaired) electrons. The molecule has 0 bridgehead atoms. The van der Waals surface area contributed by atoms with Gasteiger partial charge < -0.3 is 57.9 Å². The normalized spacial score (nSPS) is 16.0. The van der Waals surface area contributed by atoms with Gasteiger partial charge in [0, 0.05) is 102 Å². The number of piperidine rings is 2. The average molecular weight is 993 g/mol. The van der Waals surface area contributed by atoms with Crippen LogP contribution >= 0.6 is 0 Å². The third kappa shape index (κ3) is 19.8. The molecule has 0 unspecified atom stereocenters. The molecular formula is C55H84N4O12. The Morgan fingerprint density at radius 3 is 1.45 bits per heavy atom. The van der Waals surface area contributed by atoms with Crippen molar-refractivity contribution in [2.45, 2.75) is 151 Å². The van der Waals surface area contributed by atoms with Crippen molar-refractivity contribution in [2.75, 3.05) is 66.8 Å². The molecule has 3 aromatic rings. The lowest BCUT2D eigenvalue weighted by Crippen LogP contribution is -2.54. The minimum Gasteiger partial charge on any atom is -0.508 e. The SMILES string of the molecule is C.COCCCOc1cc(O)cc(C(=O)N(C(C)C)[C@@H]2CCCN(C(=O)OC(C)(C)C)C2)c1.COCCCOc1cc(Oc2ccccc2)cc(C(=O)N(C(C)C)[C@@H]2CCCN(C(=O)OC(C)(C)C)C2)c1. The molecule has 2 atom stereocenters. The summed E-state index contributed by atoms with van der Waals surface area (Å²) in [5, 5.41) is 10.2. The van der Waals surface area contributed by atoms with Crippen LogP contribution < -0.4 is 14.2 Å². The van der Waals surface area contributed by atoms with Crippen LogP contribution in [0.5, 0.6) is 28.7 Å². The van der Waals surface area contributed by atoms with Crippen LogP contribution in [0.25, 0.3) is 0 Å². The zero-order valence-corrected chi connectivity index (χ0v) is 43.8. The summed E-state index contributed by atoms with van der Waals surface area (Å²) < 4.78 is 39.0. The fraction of sp³-hybridized carbons (Fsp3) is 0.600. The van der Waals surface area contributed by atoms with Crippen molar-refractivity contribution in [3.8, 4) is 28.7 Å². The third-order valence-corrected chi connectivity index (χ3v) is 11.2. The van der Waals surface area contributed by atoms with Gasteiger partial charge in [-0.1, -0.05) is 25.6 Å². The molecule has 0 saturated carbocycles. The number of para-hydroxylation sites is 1. The van der Waals surface area contributed by atoms with Crippen LogP contribution in [0.2, 0.25) is 0 Å². The second kappa shape index (κ2) is 28.3. The van der Waals surface area contributed by atoms with Gasteiger partial charge in [0.2, 0.25) is 0 Å². The zero-order valence-electron chi connectivity index (χ0n) is 43.8. The molecule has 4 amide bonds. The van der Waals surface area contributed by atoms with Crippen molar-refractivity contribution in [1.82, 2.24) is 19.6 Å². The van der Waals surface area contributed by atoms with Gasteiger partial charge in [0.05, 0.1) is 25.3 Å². The van der Waals surface area contributed by atoms with Crippen molar-refractivity contribution in [2.24, 2.45) is 0 Å². The van der Waals surface area contributed by atoms with Crippen LogP contribution in [0.3, 0.4) is 0 Å². The minimum atomic E-state index is -0.573. The lowest BCUT2D eigenvalue weighted by molar-refractivity contribution is 0.00724. The molecule has 0 aromatic heterocycles. The fourth-order valence-electron chi connectivity index (χ4n) is 8.33. The van der Waals surface area contributed by atoms with Gasteiger partial charge in [-0.25, -0.2) is 9.59 Å². The number of benzene rings is 3. The quantitative estimate of drug-likeness (QED) is 0.120. The largest absolute Gasteiger partial charge is 0.508 e. The zero-order chi connectivity index (χ0) is 51.6. The summed E-state index contributed by atoms with van der Waals surface area (Å²) in [5.41, 5.74) is -0.312. The molecule has 5 rings (SSSR count). The van der Waals surface area contributed by atoms with E-state index in [1.165, 1.54) is 12.1 Å². The first kappa shape index (κ1) is 59.6. The Morgan fingerprint density at radius 1 is 0.606 bits per heavy atom. The number of amides is 4. The van der Waals surface area contributed by atoms with Crippen LogP contribution in [-0.2, 0) is 18.9 Å². The van der Waals surface area contributed by atoms with Gasteiger partial charge in [-0.3, -0.25) is 9.59 Å². The summed E-state index contributed by atoms with van der Waals surface area (Å²) in [6, 6.07) is 18.9. The predicted molar refractivity (Wildman–Crippen MR) is 276 cm³/mol. The Kier molecular flexibility index (Phi) is 23.8. The Balaban J connectivity index is 0.000000376. The molecule has 396 valence electrons. The molecule has 3 aromatic carbocycles. The maximum Gasteiger partial charge on any atom is 0.410 e. The van der Waals surface area contributed by atoms with E-state index in [0.29, 0.717) is 93.2 Å². The van der Waals surface area contributed by atoms with Gasteiger partial charge in [-0.2, -0.15) is 0 Å². The Hall–Kier alpha value is -5.74. The van der Waals surface area contributed by atoms with E-state index in [2.05, 4.69) is 0 Å². The standard InChI is InChI=1S/C30H42N2O6.C24H38N2O6.CH4/c1-22(2)32(24-12-10-15-31(21-24)29(34)38-30(3,4)5)28(33)23-18-26(36-17-11-16-35-6)20-27(19-23)37-25-13-8-7-9-14-25;1-17(2)26(19-9-7-10-25(16-19)23(29)32-24(3,4)5)22(28)18-13-20(27)15-21(14-18)31-12-8-11-30-6;/h7-9,13-14,18-20,22,24H,10-12,15-17,21H2,1-6H3;13-15,17,19,27H,7-12,16H2,1-6H3;1H4/t24-;19-;/m11./s1. The van der Waals surface area contributed by atoms with Crippen LogP contribution in [0.4, 0.5) is 9.59 Å². The molecule has 16 nitrogen and oxygen atoms in total. The van der Waals surface area contributed by atoms with E-state index in [-0.39, 0.29) is 61.3 Å². The lowest BCUT2D eigenvalue weighted by atomic mass is 10.0. The summed E-state index contributed by atoms with van der Waals surface area (Å²) in [5.74, 6) is 1.83. The highest BCUT2D eigenvalue weighted by molar-refractivity contribution is 5.96. The molecule has 0 aliphatic carbocycles. The van der Waals surface area contributed by atoms with E-state index in [1.54, 1.807) is 53.2 Å². The van der Waals surface area contributed by atoms with Crippen molar-refractivity contribution in [1.29, 1.82) is 0 Å². The molecule has 0 spiro atoms. The van der Waals surface area contributed by atoms with Gasteiger partial charge in [0.1, 0.15) is 39.9 Å². The number of carbonyl (C=O) groups excluding carboxylic acids is 4. The monoisotopic (exact) mass is 993 g/mol. The first-order valence-electron chi connectivity index (χ1n) is 24.7. The van der Waals surface area contributed by atoms with Crippen molar-refractivity contribution >= 4 is 24.0 Å². The average Bonchev–Trinajstić information content (AvgIpc) is 3.28. The Bertz CT molecular complexity index is 2120. The maximum absolute atomic E-state index is 14.0. The van der Waals surface area contributed by atoms with Crippen molar-refractivity contribution < 1.29 is 57.4 Å². The number of carbonyl (C=O) groups is 4. The van der Waals surface area contributed by atoms with E-state index in [1.807, 2.05) is 104 Å². The number of rotatable bonds is 18. The number of methoxy groups -OCH3 is 2. The predicted octanol–water partition coefficient (Wildman–Crippen LogP) is 10.8. The van der Waals surface area contributed by atoms with Crippen LogP contribution in [0.15, 0.2) is 66.7 Å². The molecular weight excluding hydrogens is 909 g/mol. The first-order valence-corrected chi connectivity index (χ1v) is 24.7. The van der Waals surface area contributed by atoms with E-state index in [4.69, 9.17) is 33.2 Å². The summed E-state index contributed by atoms with van der Waals surface area (Å²) in [6.45, 7) is 23.1. The van der Waals surface area contributed by atoms with Crippen LogP contribution in [0.1, 0.15) is 136 Å². The summed E-state index contributed by atoms with van der Waals surface area (Å²) in [6.07, 6.45) is 3.91. The molecule has 2 aliphatic heterocycles. The smallest absolute Gasteiger partial charge is 0.410 e. The molecule has 2 saturated heterocycles. The summed E-state index contributed by atoms with van der Waals surface area (Å²) >= 11 is 0. The van der Waals surface area contributed by atoms with Gasteiger partial charge in [-0.05, 0) is 131 Å². The highest BCUT2D eigenvalue weighted by Crippen LogP contribution is 2.31. The Labute approximate surface area is 423 Å². The van der Waals surface area contributed by atoms with Crippen molar-refractivity contribution in [3.05, 3.63) is 77.9 Å². The van der Waals surface area contributed by atoms with Gasteiger partial charge in [0.25, 0.3) is 11.8 Å². The van der Waals surface area contributed by atoms with Gasteiger partial charge >= 0.3 is 12.2 Å². The van der Waals surface area contributed by atoms with Gasteiger partial charge in [0.15, 0.2) is 0 Å². The number of nitrogens with zero attached hydrogens (tertiary/aromatic N) is 4. The van der Waals surface area contributed by atoms with E-state index < -0.39 is 11.2 Å². The van der Waals surface area contributed by atoms with Gasteiger partial charge in [-0.15, -0.1) is 0 Å². The number of phenolic OH excluding ortho intramolecular Hbond substituents is 1. The molecule has 71 heavy (non-hydrogen) atoms. The highest BCUT2D eigenvalue weighted by atomic mass is 16.6. The molecule has 2 aliphatic rings. The van der Waals surface area contributed by atoms with Crippen molar-refractivity contribution in [3.63, 3.8) is 0 Å². The van der Waals surface area contributed by atoms with Crippen LogP contribution in [0, 0.1) is 0 Å². The first-order chi connectivity index (χ1) is 33.1.